The van der Waals surface area contributed by atoms with E-state index in [1.165, 1.54) is 25.0 Å². The van der Waals surface area contributed by atoms with Crippen molar-refractivity contribution < 1.29 is 4.79 Å². The second-order valence-electron chi connectivity index (χ2n) is 4.14. The Morgan fingerprint density at radius 3 is 2.69 bits per heavy atom. The third kappa shape index (κ3) is 5.75. The maximum atomic E-state index is 11.8. The highest BCUT2D eigenvalue weighted by atomic mass is 32.2. The zero-order valence-electron chi connectivity index (χ0n) is 10.3. The number of carbonyl (C=O) groups excluding carboxylic acids is 1. The lowest BCUT2D eigenvalue weighted by atomic mass is 10.1. The summed E-state index contributed by atoms with van der Waals surface area (Å²) < 4.78 is 0. The molecule has 1 aliphatic rings. The first-order valence-electron chi connectivity index (χ1n) is 6.41. The Morgan fingerprint density at radius 1 is 1.25 bits per heavy atom. The fourth-order valence-corrected chi connectivity index (χ4v) is 2.49. The van der Waals surface area contributed by atoms with Gasteiger partial charge in [-0.1, -0.05) is 6.92 Å². The number of amides is 1. The summed E-state index contributed by atoms with van der Waals surface area (Å²) in [6.45, 7) is 5.98. The number of nitrogens with one attached hydrogen (secondary N) is 1. The summed E-state index contributed by atoms with van der Waals surface area (Å²) in [4.78, 5) is 13.8. The van der Waals surface area contributed by atoms with Crippen LogP contribution in [0.4, 0.5) is 0 Å². The van der Waals surface area contributed by atoms with Gasteiger partial charge in [0.2, 0.25) is 5.91 Å². The number of hydrogen-bond donors (Lipinski definition) is 1. The predicted octanol–water partition coefficient (Wildman–Crippen LogP) is 1.73. The summed E-state index contributed by atoms with van der Waals surface area (Å²) in [7, 11) is 0. The van der Waals surface area contributed by atoms with Gasteiger partial charge in [0.25, 0.3) is 0 Å². The van der Waals surface area contributed by atoms with Crippen LogP contribution in [0, 0.1) is 0 Å². The SMILES string of the molecule is CCSCCNCCC(=O)N1CCCCC1. The van der Waals surface area contributed by atoms with Crippen molar-refractivity contribution in [1.29, 1.82) is 0 Å². The summed E-state index contributed by atoms with van der Waals surface area (Å²) in [6, 6.07) is 0. The quantitative estimate of drug-likeness (QED) is 0.692. The van der Waals surface area contributed by atoms with Crippen molar-refractivity contribution in [2.45, 2.75) is 32.6 Å². The van der Waals surface area contributed by atoms with Crippen molar-refractivity contribution >= 4 is 17.7 Å². The van der Waals surface area contributed by atoms with Crippen LogP contribution in [0.25, 0.3) is 0 Å². The van der Waals surface area contributed by atoms with Crippen molar-refractivity contribution in [2.75, 3.05) is 37.7 Å². The molecule has 1 saturated heterocycles. The third-order valence-electron chi connectivity index (χ3n) is 2.85. The van der Waals surface area contributed by atoms with Crippen molar-refractivity contribution in [2.24, 2.45) is 0 Å². The van der Waals surface area contributed by atoms with Crippen molar-refractivity contribution in [3.8, 4) is 0 Å². The molecule has 0 radical (unpaired) electrons. The van der Waals surface area contributed by atoms with E-state index in [0.717, 1.165) is 31.9 Å². The van der Waals surface area contributed by atoms with Gasteiger partial charge in [-0.3, -0.25) is 4.79 Å². The van der Waals surface area contributed by atoms with Gasteiger partial charge in [-0.2, -0.15) is 11.8 Å². The molecule has 0 saturated carbocycles. The Bertz CT molecular complexity index is 193. The summed E-state index contributed by atoms with van der Waals surface area (Å²) in [5, 5.41) is 3.32. The summed E-state index contributed by atoms with van der Waals surface area (Å²) in [5.41, 5.74) is 0. The Hall–Kier alpha value is -0.220. The molecule has 1 aliphatic heterocycles. The second-order valence-corrected chi connectivity index (χ2v) is 5.53. The molecular formula is C12H24N2OS. The fourth-order valence-electron chi connectivity index (χ4n) is 1.91. The molecule has 0 spiro atoms. The van der Waals surface area contributed by atoms with Gasteiger partial charge in [0.05, 0.1) is 0 Å². The van der Waals surface area contributed by atoms with Crippen LogP contribution in [0.2, 0.25) is 0 Å². The molecule has 0 aromatic heterocycles. The van der Waals surface area contributed by atoms with E-state index < -0.39 is 0 Å². The minimum atomic E-state index is 0.329. The van der Waals surface area contributed by atoms with Crippen molar-refractivity contribution in [3.63, 3.8) is 0 Å². The first-order valence-corrected chi connectivity index (χ1v) is 7.56. The van der Waals surface area contributed by atoms with Gasteiger partial charge in [-0.05, 0) is 25.0 Å². The highest BCUT2D eigenvalue weighted by Gasteiger charge is 2.15. The highest BCUT2D eigenvalue weighted by Crippen LogP contribution is 2.09. The maximum Gasteiger partial charge on any atom is 0.223 e. The van der Waals surface area contributed by atoms with Gasteiger partial charge in [0.1, 0.15) is 0 Å². The largest absolute Gasteiger partial charge is 0.343 e. The number of nitrogens with zero attached hydrogens (tertiary/aromatic N) is 1. The molecule has 16 heavy (non-hydrogen) atoms. The van der Waals surface area contributed by atoms with Gasteiger partial charge in [-0.25, -0.2) is 0 Å². The van der Waals surface area contributed by atoms with E-state index in [-0.39, 0.29) is 0 Å². The first kappa shape index (κ1) is 13.8. The molecule has 0 aromatic rings. The fraction of sp³-hybridized carbons (Fsp3) is 0.917. The number of piperidine rings is 1. The summed E-state index contributed by atoms with van der Waals surface area (Å²) in [5.74, 6) is 2.65. The third-order valence-corrected chi connectivity index (χ3v) is 3.75. The molecule has 94 valence electrons. The summed E-state index contributed by atoms with van der Waals surface area (Å²) in [6.07, 6.45) is 4.33. The van der Waals surface area contributed by atoms with E-state index in [9.17, 15) is 4.79 Å². The van der Waals surface area contributed by atoms with Gasteiger partial charge in [0.15, 0.2) is 0 Å². The van der Waals surface area contributed by atoms with Crippen molar-refractivity contribution in [3.05, 3.63) is 0 Å². The molecule has 1 rings (SSSR count). The van der Waals surface area contributed by atoms with Crippen LogP contribution in [-0.2, 0) is 4.79 Å². The Balaban J connectivity index is 1.97. The van der Waals surface area contributed by atoms with E-state index in [0.29, 0.717) is 12.3 Å². The van der Waals surface area contributed by atoms with Gasteiger partial charge >= 0.3 is 0 Å². The number of rotatable bonds is 7. The minimum Gasteiger partial charge on any atom is -0.343 e. The number of thioether (sulfide) groups is 1. The average molecular weight is 244 g/mol. The molecule has 1 fully saturated rings. The number of hydrogen-bond acceptors (Lipinski definition) is 3. The second kappa shape index (κ2) is 8.88. The number of likely N-dealkylation sites (tertiary alicyclic amines) is 1. The molecular weight excluding hydrogens is 220 g/mol. The molecule has 0 atom stereocenters. The molecule has 0 unspecified atom stereocenters. The van der Waals surface area contributed by atoms with E-state index in [1.54, 1.807) is 0 Å². The van der Waals surface area contributed by atoms with Crippen LogP contribution in [0.1, 0.15) is 32.6 Å². The molecule has 0 bridgehead atoms. The topological polar surface area (TPSA) is 32.3 Å². The Morgan fingerprint density at radius 2 is 2.00 bits per heavy atom. The van der Waals surface area contributed by atoms with E-state index >= 15 is 0 Å². The van der Waals surface area contributed by atoms with Crippen LogP contribution < -0.4 is 5.32 Å². The van der Waals surface area contributed by atoms with Gasteiger partial charge in [-0.15, -0.1) is 0 Å². The first-order chi connectivity index (χ1) is 7.84. The molecule has 0 aromatic carbocycles. The van der Waals surface area contributed by atoms with E-state index in [1.807, 2.05) is 16.7 Å². The molecule has 4 heteroatoms. The van der Waals surface area contributed by atoms with Crippen LogP contribution in [0.5, 0.6) is 0 Å². The van der Waals surface area contributed by atoms with Crippen LogP contribution in [0.15, 0.2) is 0 Å². The van der Waals surface area contributed by atoms with Crippen LogP contribution >= 0.6 is 11.8 Å². The maximum absolute atomic E-state index is 11.8. The minimum absolute atomic E-state index is 0.329. The molecule has 3 nitrogen and oxygen atoms in total. The van der Waals surface area contributed by atoms with Crippen molar-refractivity contribution in [1.82, 2.24) is 10.2 Å². The monoisotopic (exact) mass is 244 g/mol. The summed E-state index contributed by atoms with van der Waals surface area (Å²) >= 11 is 1.94. The molecule has 0 aliphatic carbocycles. The van der Waals surface area contributed by atoms with E-state index in [2.05, 4.69) is 12.2 Å². The molecule has 1 N–H and O–H groups in total. The lowest BCUT2D eigenvalue weighted by Crippen LogP contribution is -2.37. The zero-order valence-corrected chi connectivity index (χ0v) is 11.2. The van der Waals surface area contributed by atoms with Gasteiger partial charge in [0, 0.05) is 38.4 Å². The average Bonchev–Trinajstić information content (AvgIpc) is 2.34. The normalized spacial score (nSPS) is 16.4. The standard InChI is InChI=1S/C12H24N2OS/c1-2-16-11-8-13-7-6-12(15)14-9-4-3-5-10-14/h13H,2-11H2,1H3. The van der Waals surface area contributed by atoms with Crippen LogP contribution in [0.3, 0.4) is 0 Å². The predicted molar refractivity (Wildman–Crippen MR) is 70.9 cm³/mol. The lowest BCUT2D eigenvalue weighted by Gasteiger charge is -2.26. The zero-order chi connectivity index (χ0) is 11.6. The number of carbonyl (C=O) groups is 1. The lowest BCUT2D eigenvalue weighted by molar-refractivity contribution is -0.131. The highest BCUT2D eigenvalue weighted by molar-refractivity contribution is 7.99. The van der Waals surface area contributed by atoms with Gasteiger partial charge < -0.3 is 10.2 Å². The smallest absolute Gasteiger partial charge is 0.223 e. The Kier molecular flexibility index (Phi) is 7.68. The molecule has 1 amide bonds. The van der Waals surface area contributed by atoms with Crippen LogP contribution in [-0.4, -0.2) is 48.5 Å². The Labute approximate surface area is 103 Å². The van der Waals surface area contributed by atoms with E-state index in [4.69, 9.17) is 0 Å². The molecule has 1 heterocycles.